The second-order valence-electron chi connectivity index (χ2n) is 5.46. The lowest BCUT2D eigenvalue weighted by molar-refractivity contribution is -0.227. The molecule has 1 aromatic rings. The van der Waals surface area contributed by atoms with Crippen LogP contribution in [0.1, 0.15) is 17.3 Å². The van der Waals surface area contributed by atoms with E-state index in [0.717, 1.165) is 6.92 Å². The molecule has 1 N–H and O–H groups in total. The Morgan fingerprint density at radius 1 is 1.30 bits per heavy atom. The Hall–Kier alpha value is -2.81. The Morgan fingerprint density at radius 2 is 2.00 bits per heavy atom. The van der Waals surface area contributed by atoms with Gasteiger partial charge in [-0.25, -0.2) is 4.79 Å². The number of carbonyl (C=O) groups is 2. The van der Waals surface area contributed by atoms with Crippen LogP contribution in [0.25, 0.3) is 10.4 Å². The highest BCUT2D eigenvalue weighted by Gasteiger charge is 2.47. The summed E-state index contributed by atoms with van der Waals surface area (Å²) in [6, 6.07) is 7.16. The van der Waals surface area contributed by atoms with Crippen molar-refractivity contribution in [1.29, 1.82) is 5.41 Å². The summed E-state index contributed by atoms with van der Waals surface area (Å²) in [7, 11) is 0. The number of ether oxygens (including phenoxy) is 4. The molecule has 1 saturated heterocycles. The number of alkyl halides is 1. The molecule has 1 heterocycles. The zero-order valence-corrected chi connectivity index (χ0v) is 15.0. The number of nitrogens with zero attached hydrogens (tertiary/aromatic N) is 3. The van der Waals surface area contributed by atoms with Crippen LogP contribution >= 0.6 is 11.6 Å². The summed E-state index contributed by atoms with van der Waals surface area (Å²) < 4.78 is 21.3. The van der Waals surface area contributed by atoms with Gasteiger partial charge in [-0.1, -0.05) is 23.3 Å². The number of halogens is 1. The SMILES string of the molecule is CC(=O)O[C@H]1[C@@H](N=[N+]=[N-])COC(OC(=N)CCl)[C@H]1OC(=O)c1ccccc1. The molecule has 2 rings (SSSR count). The predicted octanol–water partition coefficient (Wildman–Crippen LogP) is 2.41. The fourth-order valence-corrected chi connectivity index (χ4v) is 2.48. The molecule has 1 unspecified atom stereocenters. The normalized spacial score (nSPS) is 24.2. The van der Waals surface area contributed by atoms with Gasteiger partial charge in [-0.2, -0.15) is 0 Å². The summed E-state index contributed by atoms with van der Waals surface area (Å²) in [5, 5.41) is 11.1. The van der Waals surface area contributed by atoms with Crippen molar-refractivity contribution in [2.45, 2.75) is 31.5 Å². The van der Waals surface area contributed by atoms with Gasteiger partial charge in [0.1, 0.15) is 6.04 Å². The van der Waals surface area contributed by atoms with E-state index in [9.17, 15) is 9.59 Å². The minimum Gasteiger partial charge on any atom is -0.458 e. The molecular weight excluding hydrogens is 380 g/mol. The molecule has 10 nitrogen and oxygen atoms in total. The smallest absolute Gasteiger partial charge is 0.338 e. The van der Waals surface area contributed by atoms with Gasteiger partial charge in [-0.3, -0.25) is 10.2 Å². The third kappa shape index (κ3) is 5.58. The Bertz CT molecular complexity index is 740. The predicted molar refractivity (Wildman–Crippen MR) is 93.4 cm³/mol. The first kappa shape index (κ1) is 20.5. The average molecular weight is 397 g/mol. The van der Waals surface area contributed by atoms with Crippen molar-refractivity contribution in [2.75, 3.05) is 12.5 Å². The maximum atomic E-state index is 12.5. The van der Waals surface area contributed by atoms with Gasteiger partial charge in [0.2, 0.25) is 12.4 Å². The van der Waals surface area contributed by atoms with Gasteiger partial charge in [-0.05, 0) is 17.7 Å². The summed E-state index contributed by atoms with van der Waals surface area (Å²) in [5.41, 5.74) is 8.98. The Kier molecular flexibility index (Phi) is 7.42. The van der Waals surface area contributed by atoms with Gasteiger partial charge in [0, 0.05) is 11.8 Å². The average Bonchev–Trinajstić information content (AvgIpc) is 2.66. The number of carbonyl (C=O) groups excluding carboxylic acids is 2. The molecule has 0 radical (unpaired) electrons. The lowest BCUT2D eigenvalue weighted by atomic mass is 10.0. The van der Waals surface area contributed by atoms with E-state index in [1.165, 1.54) is 12.1 Å². The van der Waals surface area contributed by atoms with Gasteiger partial charge in [0.05, 0.1) is 18.1 Å². The molecule has 0 aliphatic carbocycles. The highest BCUT2D eigenvalue weighted by Crippen LogP contribution is 2.26. The third-order valence-electron chi connectivity index (χ3n) is 3.54. The number of nitrogens with one attached hydrogen (secondary N) is 1. The van der Waals surface area contributed by atoms with Crippen molar-refractivity contribution in [2.24, 2.45) is 5.11 Å². The molecule has 0 amide bonds. The molecule has 0 spiro atoms. The van der Waals surface area contributed by atoms with Crippen molar-refractivity contribution in [1.82, 2.24) is 0 Å². The second-order valence-corrected chi connectivity index (χ2v) is 5.73. The molecule has 1 fully saturated rings. The Labute approximate surface area is 159 Å². The molecule has 27 heavy (non-hydrogen) atoms. The molecule has 4 atom stereocenters. The lowest BCUT2D eigenvalue weighted by Gasteiger charge is -2.39. The van der Waals surface area contributed by atoms with Crippen LogP contribution in [0.15, 0.2) is 35.4 Å². The fraction of sp³-hybridized carbons (Fsp3) is 0.438. The maximum Gasteiger partial charge on any atom is 0.338 e. The fourth-order valence-electron chi connectivity index (χ4n) is 2.42. The number of benzene rings is 1. The monoisotopic (exact) mass is 396 g/mol. The summed E-state index contributed by atoms with van der Waals surface area (Å²) in [5.74, 6) is -1.97. The number of hydrogen-bond acceptors (Lipinski definition) is 8. The highest BCUT2D eigenvalue weighted by molar-refractivity contribution is 6.26. The van der Waals surface area contributed by atoms with E-state index in [0.29, 0.717) is 0 Å². The number of azide groups is 1. The topological polar surface area (TPSA) is 144 Å². The third-order valence-corrected chi connectivity index (χ3v) is 3.78. The molecule has 0 aromatic heterocycles. The number of esters is 2. The van der Waals surface area contributed by atoms with Crippen molar-refractivity contribution in [3.8, 4) is 0 Å². The van der Waals surface area contributed by atoms with E-state index < -0.39 is 36.5 Å². The zero-order chi connectivity index (χ0) is 19.8. The molecule has 144 valence electrons. The van der Waals surface area contributed by atoms with Crippen LogP contribution < -0.4 is 0 Å². The largest absolute Gasteiger partial charge is 0.458 e. The summed E-state index contributed by atoms with van der Waals surface area (Å²) in [4.78, 5) is 26.7. The first-order chi connectivity index (χ1) is 13.0. The van der Waals surface area contributed by atoms with Gasteiger partial charge < -0.3 is 18.9 Å². The standard InChI is InChI=1S/C16H17ClN4O6/c1-9(22)25-13-11(20-21-19)8-24-16(26-12(18)7-17)14(13)27-15(23)10-5-3-2-4-6-10/h2-6,11,13-14,16,18H,7-8H2,1H3/t11-,13-,14-,16?/m0/s1. The summed E-state index contributed by atoms with van der Waals surface area (Å²) >= 11 is 5.55. The molecule has 0 bridgehead atoms. The van der Waals surface area contributed by atoms with Crippen LogP contribution in [0, 0.1) is 5.41 Å². The lowest BCUT2D eigenvalue weighted by Crippen LogP contribution is -2.56. The Balaban J connectivity index is 2.31. The first-order valence-corrected chi connectivity index (χ1v) is 8.38. The van der Waals surface area contributed by atoms with Crippen molar-refractivity contribution < 1.29 is 28.5 Å². The quantitative estimate of drug-likeness (QED) is 0.149. The van der Waals surface area contributed by atoms with Gasteiger partial charge in [-0.15, -0.1) is 11.6 Å². The van der Waals surface area contributed by atoms with Crippen molar-refractivity contribution in [3.05, 3.63) is 46.3 Å². The highest BCUT2D eigenvalue weighted by atomic mass is 35.5. The van der Waals surface area contributed by atoms with Crippen molar-refractivity contribution >= 4 is 29.4 Å². The molecule has 1 aromatic carbocycles. The molecule has 1 aliphatic heterocycles. The maximum absolute atomic E-state index is 12.5. The van der Waals surface area contributed by atoms with E-state index in [4.69, 9.17) is 41.5 Å². The van der Waals surface area contributed by atoms with Gasteiger partial charge in [0.15, 0.2) is 12.0 Å². The minimum absolute atomic E-state index is 0.165. The van der Waals surface area contributed by atoms with E-state index in [2.05, 4.69) is 10.0 Å². The van der Waals surface area contributed by atoms with Crippen LogP contribution in [0.4, 0.5) is 0 Å². The van der Waals surface area contributed by atoms with Gasteiger partial charge in [0.25, 0.3) is 0 Å². The van der Waals surface area contributed by atoms with Crippen molar-refractivity contribution in [3.63, 3.8) is 0 Å². The zero-order valence-electron chi connectivity index (χ0n) is 14.3. The van der Waals surface area contributed by atoms with Crippen LogP contribution in [-0.4, -0.2) is 54.9 Å². The number of hydrogen-bond donors (Lipinski definition) is 1. The van der Waals surface area contributed by atoms with Crippen LogP contribution in [0.2, 0.25) is 0 Å². The van der Waals surface area contributed by atoms with Crippen LogP contribution in [-0.2, 0) is 23.7 Å². The van der Waals surface area contributed by atoms with E-state index in [1.54, 1.807) is 18.2 Å². The van der Waals surface area contributed by atoms with E-state index >= 15 is 0 Å². The molecule has 0 saturated carbocycles. The first-order valence-electron chi connectivity index (χ1n) is 7.85. The molecule has 1 aliphatic rings. The van der Waals surface area contributed by atoms with Gasteiger partial charge >= 0.3 is 11.9 Å². The number of rotatable bonds is 6. The summed E-state index contributed by atoms with van der Waals surface area (Å²) in [6.07, 6.45) is -3.71. The van der Waals surface area contributed by atoms with Crippen LogP contribution in [0.5, 0.6) is 0 Å². The summed E-state index contributed by atoms with van der Waals surface area (Å²) in [6.45, 7) is 0.997. The van der Waals surface area contributed by atoms with E-state index in [-0.39, 0.29) is 23.9 Å². The molecule has 11 heteroatoms. The minimum atomic E-state index is -1.28. The van der Waals surface area contributed by atoms with Crippen LogP contribution in [0.3, 0.4) is 0 Å². The van der Waals surface area contributed by atoms with E-state index in [1.807, 2.05) is 0 Å². The second kappa shape index (κ2) is 9.77. The molecular formula is C16H17ClN4O6. The Morgan fingerprint density at radius 3 is 2.59 bits per heavy atom.